The average molecular weight is 375 g/mol. The first-order valence-corrected chi connectivity index (χ1v) is 8.26. The highest BCUT2D eigenvalue weighted by molar-refractivity contribution is 7.80. The highest BCUT2D eigenvalue weighted by atomic mass is 35.5. The Balaban J connectivity index is 1.77. The minimum absolute atomic E-state index is 0.164. The summed E-state index contributed by atoms with van der Waals surface area (Å²) in [5.41, 5.74) is 1.13. The van der Waals surface area contributed by atoms with Gasteiger partial charge in [0, 0.05) is 10.6 Å². The van der Waals surface area contributed by atoms with Crippen LogP contribution >= 0.6 is 35.4 Å². The van der Waals surface area contributed by atoms with Crippen LogP contribution in [-0.4, -0.2) is 11.0 Å². The molecule has 0 radical (unpaired) electrons. The van der Waals surface area contributed by atoms with E-state index in [9.17, 15) is 4.79 Å². The lowest BCUT2D eigenvalue weighted by Gasteiger charge is -2.12. The van der Waals surface area contributed by atoms with Gasteiger partial charge in [-0.05, 0) is 47.3 Å². The van der Waals surface area contributed by atoms with Crippen molar-refractivity contribution < 1.29 is 4.79 Å². The molecular formula is C18H12Cl2N2OS. The smallest absolute Gasteiger partial charge is 0.258 e. The normalized spacial score (nSPS) is 10.4. The van der Waals surface area contributed by atoms with Crippen molar-refractivity contribution in [2.24, 2.45) is 0 Å². The van der Waals surface area contributed by atoms with Gasteiger partial charge in [-0.1, -0.05) is 59.6 Å². The molecule has 0 saturated heterocycles. The van der Waals surface area contributed by atoms with E-state index in [-0.39, 0.29) is 11.0 Å². The van der Waals surface area contributed by atoms with Crippen LogP contribution in [0.5, 0.6) is 0 Å². The Morgan fingerprint density at radius 1 is 0.958 bits per heavy atom. The summed E-state index contributed by atoms with van der Waals surface area (Å²) in [7, 11) is 0. The van der Waals surface area contributed by atoms with E-state index in [0.29, 0.717) is 21.3 Å². The average Bonchev–Trinajstić information content (AvgIpc) is 2.57. The van der Waals surface area contributed by atoms with Crippen LogP contribution in [0.4, 0.5) is 5.69 Å². The monoisotopic (exact) mass is 374 g/mol. The molecule has 24 heavy (non-hydrogen) atoms. The first-order chi connectivity index (χ1) is 11.5. The van der Waals surface area contributed by atoms with Crippen LogP contribution in [-0.2, 0) is 0 Å². The molecule has 0 aliphatic carbocycles. The fourth-order valence-corrected chi connectivity index (χ4v) is 3.00. The number of halogens is 2. The summed E-state index contributed by atoms with van der Waals surface area (Å²) in [6, 6.07) is 18.2. The number of hydrogen-bond donors (Lipinski definition) is 2. The number of amides is 1. The van der Waals surface area contributed by atoms with E-state index in [4.69, 9.17) is 35.4 Å². The molecule has 120 valence electrons. The van der Waals surface area contributed by atoms with Gasteiger partial charge in [-0.15, -0.1) is 0 Å². The standard InChI is InChI=1S/C18H12Cl2N2OS/c19-12-8-9-16(15(20)10-12)21-18(24)22-17(23)14-7-3-5-11-4-1-2-6-13(11)14/h1-10H,(H2,21,22,23,24). The zero-order valence-corrected chi connectivity index (χ0v) is 14.7. The predicted octanol–water partition coefficient (Wildman–Crippen LogP) is 5.27. The van der Waals surface area contributed by atoms with E-state index in [2.05, 4.69) is 10.6 Å². The molecule has 1 amide bonds. The third-order valence-electron chi connectivity index (χ3n) is 3.44. The molecule has 0 saturated carbocycles. The molecule has 3 nitrogen and oxygen atoms in total. The summed E-state index contributed by atoms with van der Waals surface area (Å²) >= 11 is 17.1. The van der Waals surface area contributed by atoms with Crippen LogP contribution in [0.2, 0.25) is 10.0 Å². The molecule has 0 fully saturated rings. The number of nitrogens with one attached hydrogen (secondary N) is 2. The van der Waals surface area contributed by atoms with Crippen LogP contribution < -0.4 is 10.6 Å². The maximum absolute atomic E-state index is 12.5. The van der Waals surface area contributed by atoms with E-state index < -0.39 is 0 Å². The lowest BCUT2D eigenvalue weighted by atomic mass is 10.0. The van der Waals surface area contributed by atoms with Crippen molar-refractivity contribution in [1.82, 2.24) is 5.32 Å². The van der Waals surface area contributed by atoms with Crippen molar-refractivity contribution in [1.29, 1.82) is 0 Å². The van der Waals surface area contributed by atoms with Gasteiger partial charge in [-0.25, -0.2) is 0 Å². The van der Waals surface area contributed by atoms with Crippen molar-refractivity contribution in [3.63, 3.8) is 0 Å². The van der Waals surface area contributed by atoms with E-state index in [1.807, 2.05) is 36.4 Å². The fourth-order valence-electron chi connectivity index (χ4n) is 2.34. The van der Waals surface area contributed by atoms with E-state index in [1.165, 1.54) is 0 Å². The van der Waals surface area contributed by atoms with Gasteiger partial charge in [0.2, 0.25) is 0 Å². The predicted molar refractivity (Wildman–Crippen MR) is 104 cm³/mol. The van der Waals surface area contributed by atoms with Crippen LogP contribution in [0.1, 0.15) is 10.4 Å². The Kier molecular flexibility index (Phi) is 5.00. The molecule has 0 aliphatic rings. The first-order valence-electron chi connectivity index (χ1n) is 7.10. The summed E-state index contributed by atoms with van der Waals surface area (Å²) in [4.78, 5) is 12.5. The van der Waals surface area contributed by atoms with Crippen LogP contribution in [0, 0.1) is 0 Å². The van der Waals surface area contributed by atoms with Crippen molar-refractivity contribution in [2.45, 2.75) is 0 Å². The molecule has 0 bridgehead atoms. The molecule has 0 heterocycles. The second kappa shape index (κ2) is 7.18. The van der Waals surface area contributed by atoms with E-state index >= 15 is 0 Å². The molecule has 2 N–H and O–H groups in total. The molecular weight excluding hydrogens is 363 g/mol. The number of carbonyl (C=O) groups is 1. The number of hydrogen-bond acceptors (Lipinski definition) is 2. The molecule has 3 rings (SSSR count). The lowest BCUT2D eigenvalue weighted by Crippen LogP contribution is -2.34. The maximum Gasteiger partial charge on any atom is 0.258 e. The van der Waals surface area contributed by atoms with Gasteiger partial charge in [0.1, 0.15) is 0 Å². The summed E-state index contributed by atoms with van der Waals surface area (Å²) in [5, 5.41) is 8.53. The van der Waals surface area contributed by atoms with Crippen molar-refractivity contribution in [3.8, 4) is 0 Å². The molecule has 0 unspecified atom stereocenters. The van der Waals surface area contributed by atoms with Crippen molar-refractivity contribution in [2.75, 3.05) is 5.32 Å². The summed E-state index contributed by atoms with van der Waals surface area (Å²) < 4.78 is 0. The first kappa shape index (κ1) is 16.7. The maximum atomic E-state index is 12.5. The van der Waals surface area contributed by atoms with Crippen molar-refractivity contribution in [3.05, 3.63) is 76.3 Å². The fraction of sp³-hybridized carbons (Fsp3) is 0. The van der Waals surface area contributed by atoms with Gasteiger partial charge >= 0.3 is 0 Å². The van der Waals surface area contributed by atoms with E-state index in [1.54, 1.807) is 24.3 Å². The van der Waals surface area contributed by atoms with Gasteiger partial charge in [-0.3, -0.25) is 10.1 Å². The van der Waals surface area contributed by atoms with Crippen LogP contribution in [0.3, 0.4) is 0 Å². The number of anilines is 1. The van der Waals surface area contributed by atoms with Gasteiger partial charge in [0.15, 0.2) is 5.11 Å². The third-order valence-corrected chi connectivity index (χ3v) is 4.19. The van der Waals surface area contributed by atoms with Gasteiger partial charge in [0.05, 0.1) is 10.7 Å². The molecule has 0 spiro atoms. The third kappa shape index (κ3) is 3.67. The zero-order valence-electron chi connectivity index (χ0n) is 12.3. The zero-order chi connectivity index (χ0) is 17.1. The SMILES string of the molecule is O=C(NC(=S)Nc1ccc(Cl)cc1Cl)c1cccc2ccccc12. The van der Waals surface area contributed by atoms with E-state index in [0.717, 1.165) is 10.8 Å². The molecule has 3 aromatic rings. The second-order valence-corrected chi connectivity index (χ2v) is 6.31. The number of thiocarbonyl (C=S) groups is 1. The second-order valence-electron chi connectivity index (χ2n) is 5.06. The lowest BCUT2D eigenvalue weighted by molar-refractivity contribution is 0.0979. The Hall–Kier alpha value is -2.14. The van der Waals surface area contributed by atoms with Crippen LogP contribution in [0.25, 0.3) is 10.8 Å². The Labute approximate surface area is 154 Å². The van der Waals surface area contributed by atoms with Gasteiger partial charge in [-0.2, -0.15) is 0 Å². The van der Waals surface area contributed by atoms with Crippen molar-refractivity contribution >= 4 is 62.9 Å². The summed E-state index contributed by atoms with van der Waals surface area (Å²) in [6.07, 6.45) is 0. The molecule has 6 heteroatoms. The molecule has 3 aromatic carbocycles. The minimum atomic E-state index is -0.283. The van der Waals surface area contributed by atoms with Gasteiger partial charge in [0.25, 0.3) is 5.91 Å². The number of rotatable bonds is 2. The topological polar surface area (TPSA) is 41.1 Å². The summed E-state index contributed by atoms with van der Waals surface area (Å²) in [5.74, 6) is -0.283. The molecule has 0 aromatic heterocycles. The largest absolute Gasteiger partial charge is 0.331 e. The van der Waals surface area contributed by atoms with Crippen LogP contribution in [0.15, 0.2) is 60.7 Å². The summed E-state index contributed by atoms with van der Waals surface area (Å²) in [6.45, 7) is 0. The Morgan fingerprint density at radius 2 is 1.71 bits per heavy atom. The molecule has 0 atom stereocenters. The number of benzene rings is 3. The Morgan fingerprint density at radius 3 is 2.50 bits per heavy atom. The number of carbonyl (C=O) groups excluding carboxylic acids is 1. The highest BCUT2D eigenvalue weighted by Gasteiger charge is 2.12. The molecule has 0 aliphatic heterocycles. The number of fused-ring (bicyclic) bond motifs is 1. The quantitative estimate of drug-likeness (QED) is 0.600. The minimum Gasteiger partial charge on any atom is -0.331 e. The highest BCUT2D eigenvalue weighted by Crippen LogP contribution is 2.25. The Bertz CT molecular complexity index is 938. The van der Waals surface area contributed by atoms with Gasteiger partial charge < -0.3 is 5.32 Å².